The number of nitrogens with one attached hydrogen (secondary N) is 1. The standard InChI is InChI=1S/C22H26N2O3/c1-15-7-6-10-19(16(15)2)23-20-9-5-4-8-18(20)21(25)24-13-11-17(12-14-24)22(26)27-3/h4-10,17,23H,11-14H2,1-3H3. The molecule has 5 nitrogen and oxygen atoms in total. The number of para-hydroxylation sites is 1. The number of nitrogens with zero attached hydrogens (tertiary/aromatic N) is 1. The molecule has 1 fully saturated rings. The Morgan fingerprint density at radius 3 is 2.37 bits per heavy atom. The first kappa shape index (κ1) is 19.0. The number of benzene rings is 2. The Hall–Kier alpha value is -2.82. The van der Waals surface area contributed by atoms with E-state index >= 15 is 0 Å². The number of rotatable bonds is 4. The lowest BCUT2D eigenvalue weighted by Crippen LogP contribution is -2.40. The van der Waals surface area contributed by atoms with Gasteiger partial charge in [-0.1, -0.05) is 24.3 Å². The van der Waals surface area contributed by atoms with E-state index in [2.05, 4.69) is 25.2 Å². The molecule has 0 saturated carbocycles. The second kappa shape index (κ2) is 8.25. The van der Waals surface area contributed by atoms with Gasteiger partial charge < -0.3 is 15.0 Å². The molecule has 1 aliphatic rings. The Bertz CT molecular complexity index is 839. The summed E-state index contributed by atoms with van der Waals surface area (Å²) in [6.45, 7) is 5.27. The summed E-state index contributed by atoms with van der Waals surface area (Å²) < 4.78 is 4.82. The number of aryl methyl sites for hydroxylation is 1. The van der Waals surface area contributed by atoms with Gasteiger partial charge in [-0.05, 0) is 56.0 Å². The number of carbonyl (C=O) groups excluding carboxylic acids is 2. The summed E-state index contributed by atoms with van der Waals surface area (Å²) in [5.41, 5.74) is 4.81. The average Bonchev–Trinajstić information content (AvgIpc) is 2.71. The molecule has 1 N–H and O–H groups in total. The summed E-state index contributed by atoms with van der Waals surface area (Å²) >= 11 is 0. The maximum Gasteiger partial charge on any atom is 0.308 e. The average molecular weight is 366 g/mol. The van der Waals surface area contributed by atoms with E-state index in [1.54, 1.807) is 0 Å². The molecule has 2 aromatic rings. The predicted octanol–water partition coefficient (Wildman–Crippen LogP) is 4.07. The van der Waals surface area contributed by atoms with Crippen LogP contribution in [0.1, 0.15) is 34.3 Å². The third-order valence-corrected chi connectivity index (χ3v) is 5.35. The quantitative estimate of drug-likeness (QED) is 0.829. The van der Waals surface area contributed by atoms with Crippen molar-refractivity contribution in [2.45, 2.75) is 26.7 Å². The van der Waals surface area contributed by atoms with Crippen LogP contribution in [0.2, 0.25) is 0 Å². The van der Waals surface area contributed by atoms with Gasteiger partial charge in [-0.3, -0.25) is 9.59 Å². The van der Waals surface area contributed by atoms with E-state index < -0.39 is 0 Å². The number of methoxy groups -OCH3 is 1. The van der Waals surface area contributed by atoms with Gasteiger partial charge in [0, 0.05) is 18.8 Å². The highest BCUT2D eigenvalue weighted by Gasteiger charge is 2.29. The van der Waals surface area contributed by atoms with Crippen LogP contribution in [0.25, 0.3) is 0 Å². The van der Waals surface area contributed by atoms with Crippen molar-refractivity contribution >= 4 is 23.3 Å². The maximum atomic E-state index is 13.1. The van der Waals surface area contributed by atoms with Crippen molar-refractivity contribution in [1.29, 1.82) is 0 Å². The molecule has 1 saturated heterocycles. The summed E-state index contributed by atoms with van der Waals surface area (Å²) in [5, 5.41) is 3.42. The topological polar surface area (TPSA) is 58.6 Å². The third-order valence-electron chi connectivity index (χ3n) is 5.35. The minimum atomic E-state index is -0.181. The molecule has 0 aliphatic carbocycles. The minimum absolute atomic E-state index is 0.00766. The Morgan fingerprint density at radius 1 is 1.00 bits per heavy atom. The fraction of sp³-hybridized carbons (Fsp3) is 0.364. The molecule has 5 heteroatoms. The molecule has 142 valence electrons. The molecule has 3 rings (SSSR count). The van der Waals surface area contributed by atoms with Crippen LogP contribution in [0, 0.1) is 19.8 Å². The van der Waals surface area contributed by atoms with Gasteiger partial charge in [0.05, 0.1) is 24.3 Å². The Labute approximate surface area is 160 Å². The molecule has 1 amide bonds. The molecule has 0 bridgehead atoms. The van der Waals surface area contributed by atoms with Crippen molar-refractivity contribution in [3.05, 3.63) is 59.2 Å². The molecule has 0 unspecified atom stereocenters. The molecule has 1 aliphatic heterocycles. The van der Waals surface area contributed by atoms with Crippen LogP contribution in [-0.2, 0) is 9.53 Å². The zero-order chi connectivity index (χ0) is 19.4. The number of carbonyl (C=O) groups is 2. The number of hydrogen-bond acceptors (Lipinski definition) is 4. The Balaban J connectivity index is 1.77. The first-order chi connectivity index (χ1) is 13.0. The third kappa shape index (κ3) is 4.13. The zero-order valence-electron chi connectivity index (χ0n) is 16.1. The van der Waals surface area contributed by atoms with E-state index in [4.69, 9.17) is 4.74 Å². The van der Waals surface area contributed by atoms with Gasteiger partial charge in [-0.15, -0.1) is 0 Å². The summed E-state index contributed by atoms with van der Waals surface area (Å²) in [6.07, 6.45) is 1.29. The van der Waals surface area contributed by atoms with Crippen LogP contribution in [0.5, 0.6) is 0 Å². The minimum Gasteiger partial charge on any atom is -0.469 e. The highest BCUT2D eigenvalue weighted by molar-refractivity contribution is 6.00. The smallest absolute Gasteiger partial charge is 0.308 e. The lowest BCUT2D eigenvalue weighted by atomic mass is 9.96. The van der Waals surface area contributed by atoms with Crippen LogP contribution in [0.4, 0.5) is 11.4 Å². The number of ether oxygens (including phenoxy) is 1. The maximum absolute atomic E-state index is 13.1. The zero-order valence-corrected chi connectivity index (χ0v) is 16.1. The van der Waals surface area contributed by atoms with Crippen LogP contribution in [0.15, 0.2) is 42.5 Å². The number of amides is 1. The summed E-state index contributed by atoms with van der Waals surface area (Å²) in [5.74, 6) is -0.298. The predicted molar refractivity (Wildman–Crippen MR) is 106 cm³/mol. The van der Waals surface area contributed by atoms with Gasteiger partial charge in [0.25, 0.3) is 5.91 Å². The molecular formula is C22H26N2O3. The summed E-state index contributed by atoms with van der Waals surface area (Å²) in [4.78, 5) is 26.6. The fourth-order valence-electron chi connectivity index (χ4n) is 3.47. The number of piperidine rings is 1. The molecule has 27 heavy (non-hydrogen) atoms. The van der Waals surface area contributed by atoms with Gasteiger partial charge >= 0.3 is 5.97 Å². The van der Waals surface area contributed by atoms with Gasteiger partial charge in [-0.25, -0.2) is 0 Å². The second-order valence-electron chi connectivity index (χ2n) is 7.01. The molecular weight excluding hydrogens is 340 g/mol. The van der Waals surface area contributed by atoms with E-state index in [-0.39, 0.29) is 17.8 Å². The SMILES string of the molecule is COC(=O)C1CCN(C(=O)c2ccccc2Nc2cccc(C)c2C)CC1. The fourth-order valence-corrected chi connectivity index (χ4v) is 3.47. The highest BCUT2D eigenvalue weighted by atomic mass is 16.5. The van der Waals surface area contributed by atoms with Crippen molar-refractivity contribution in [2.24, 2.45) is 5.92 Å². The number of anilines is 2. The van der Waals surface area contributed by atoms with Crippen molar-refractivity contribution in [2.75, 3.05) is 25.5 Å². The van der Waals surface area contributed by atoms with E-state index in [0.717, 1.165) is 11.4 Å². The molecule has 0 spiro atoms. The lowest BCUT2D eigenvalue weighted by Gasteiger charge is -2.31. The first-order valence-electron chi connectivity index (χ1n) is 9.30. The van der Waals surface area contributed by atoms with Crippen molar-refractivity contribution < 1.29 is 14.3 Å². The number of likely N-dealkylation sites (tertiary alicyclic amines) is 1. The Morgan fingerprint density at radius 2 is 1.67 bits per heavy atom. The van der Waals surface area contributed by atoms with E-state index in [1.165, 1.54) is 18.2 Å². The monoisotopic (exact) mass is 366 g/mol. The van der Waals surface area contributed by atoms with Crippen LogP contribution < -0.4 is 5.32 Å². The van der Waals surface area contributed by atoms with Crippen LogP contribution in [0.3, 0.4) is 0 Å². The van der Waals surface area contributed by atoms with Crippen molar-refractivity contribution in [1.82, 2.24) is 4.90 Å². The van der Waals surface area contributed by atoms with Gasteiger partial charge in [-0.2, -0.15) is 0 Å². The Kier molecular flexibility index (Phi) is 5.79. The highest BCUT2D eigenvalue weighted by Crippen LogP contribution is 2.27. The number of esters is 1. The second-order valence-corrected chi connectivity index (χ2v) is 7.01. The van der Waals surface area contributed by atoms with E-state index in [1.807, 2.05) is 41.3 Å². The largest absolute Gasteiger partial charge is 0.469 e. The molecule has 1 heterocycles. The molecule has 2 aromatic carbocycles. The first-order valence-corrected chi connectivity index (χ1v) is 9.30. The van der Waals surface area contributed by atoms with Gasteiger partial charge in [0.1, 0.15) is 0 Å². The summed E-state index contributed by atoms with van der Waals surface area (Å²) in [7, 11) is 1.41. The van der Waals surface area contributed by atoms with Crippen LogP contribution in [-0.4, -0.2) is 37.0 Å². The molecule has 0 radical (unpaired) electrons. The normalized spacial score (nSPS) is 14.7. The van der Waals surface area contributed by atoms with Gasteiger partial charge in [0.15, 0.2) is 0 Å². The van der Waals surface area contributed by atoms with E-state index in [9.17, 15) is 9.59 Å². The van der Waals surface area contributed by atoms with Crippen molar-refractivity contribution in [3.8, 4) is 0 Å². The molecule has 0 atom stereocenters. The summed E-state index contributed by atoms with van der Waals surface area (Å²) in [6, 6.07) is 13.7. The molecule has 0 aromatic heterocycles. The number of hydrogen-bond donors (Lipinski definition) is 1. The van der Waals surface area contributed by atoms with Gasteiger partial charge in [0.2, 0.25) is 0 Å². The van der Waals surface area contributed by atoms with E-state index in [0.29, 0.717) is 31.5 Å². The van der Waals surface area contributed by atoms with Crippen molar-refractivity contribution in [3.63, 3.8) is 0 Å². The van der Waals surface area contributed by atoms with Crippen LogP contribution >= 0.6 is 0 Å². The lowest BCUT2D eigenvalue weighted by molar-refractivity contribution is -0.146.